The maximum absolute atomic E-state index is 13.6. The number of hydrogen-bond acceptors (Lipinski definition) is 8. The van der Waals surface area contributed by atoms with Crippen molar-refractivity contribution in [1.29, 1.82) is 0 Å². The van der Waals surface area contributed by atoms with E-state index in [4.69, 9.17) is 18.2 Å². The van der Waals surface area contributed by atoms with Crippen LogP contribution in [-0.4, -0.2) is 115 Å². The quantitative estimate of drug-likeness (QED) is 0.270. The summed E-state index contributed by atoms with van der Waals surface area (Å²) in [7, 11) is 0. The molecule has 2 atom stereocenters. The van der Waals surface area contributed by atoms with Gasteiger partial charge in [-0.25, -0.2) is 4.85 Å². The molecule has 0 saturated carbocycles. The zero-order valence-corrected chi connectivity index (χ0v) is 32.5. The van der Waals surface area contributed by atoms with E-state index in [-0.39, 0.29) is 29.6 Å². The first-order chi connectivity index (χ1) is 27.1. The van der Waals surface area contributed by atoms with Crippen LogP contribution in [0.4, 0.5) is 22.7 Å². The van der Waals surface area contributed by atoms with Gasteiger partial charge in [-0.3, -0.25) is 29.4 Å². The van der Waals surface area contributed by atoms with Crippen LogP contribution < -0.4 is 20.0 Å². The van der Waals surface area contributed by atoms with Gasteiger partial charge in [0.1, 0.15) is 6.04 Å². The van der Waals surface area contributed by atoms with E-state index in [1.807, 2.05) is 47.4 Å². The Morgan fingerprint density at radius 2 is 1.57 bits per heavy atom. The molecule has 1 unspecified atom stereocenters. The monoisotopic (exact) mass is 774 g/mol. The number of anilines is 3. The second kappa shape index (κ2) is 14.4. The number of piperazine rings is 1. The molecule has 0 aromatic heterocycles. The minimum absolute atomic E-state index is 0.0904. The molecule has 6 aliphatic rings. The second-order valence-electron chi connectivity index (χ2n) is 16.6. The molecule has 0 aliphatic carbocycles. The maximum Gasteiger partial charge on any atom is 0.255 e. The fraction of sp³-hybridized carbons (Fsp3) is 0.465. The number of hydrogen-bond donors (Lipinski definition) is 1. The number of halogens is 1. The van der Waals surface area contributed by atoms with Crippen molar-refractivity contribution in [1.82, 2.24) is 20.0 Å². The van der Waals surface area contributed by atoms with Crippen molar-refractivity contribution < 1.29 is 19.2 Å². The third kappa shape index (κ3) is 6.64. The number of carbonyl (C=O) groups is 4. The highest BCUT2D eigenvalue weighted by atomic mass is 35.5. The maximum atomic E-state index is 13.6. The molecule has 6 aliphatic heterocycles. The van der Waals surface area contributed by atoms with E-state index in [0.717, 1.165) is 87.6 Å². The lowest BCUT2D eigenvalue weighted by molar-refractivity contribution is -0.136. The Kier molecular flexibility index (Phi) is 9.41. The molecule has 1 spiro atoms. The van der Waals surface area contributed by atoms with Crippen molar-refractivity contribution in [2.24, 2.45) is 5.41 Å². The van der Waals surface area contributed by atoms with E-state index in [9.17, 15) is 19.2 Å². The summed E-state index contributed by atoms with van der Waals surface area (Å²) < 4.78 is 0. The van der Waals surface area contributed by atoms with Crippen molar-refractivity contribution in [2.45, 2.75) is 63.7 Å². The van der Waals surface area contributed by atoms with E-state index in [2.05, 4.69) is 54.9 Å². The van der Waals surface area contributed by atoms with Crippen molar-refractivity contribution in [3.05, 3.63) is 93.8 Å². The highest BCUT2D eigenvalue weighted by Gasteiger charge is 2.45. The van der Waals surface area contributed by atoms with E-state index >= 15 is 0 Å². The first-order valence-corrected chi connectivity index (χ1v) is 20.3. The van der Waals surface area contributed by atoms with Gasteiger partial charge in [0.25, 0.3) is 11.8 Å². The number of rotatable bonds is 6. The lowest BCUT2D eigenvalue weighted by atomic mass is 9.76. The van der Waals surface area contributed by atoms with Crippen LogP contribution in [0.25, 0.3) is 4.85 Å². The molecule has 3 aromatic rings. The van der Waals surface area contributed by atoms with Gasteiger partial charge in [-0.15, -0.1) is 0 Å². The standard InChI is InChI=1S/C43H47ClN8O4/c1-28-23-43(27-52(28)33-8-10-37(45-2)36(44)22-33)13-15-47(16-14-43)31-5-3-29(4-6-31)41(55)49-19-17-48(18-20-49)34-25-50(26-34)32-7-9-35-30(21-32)24-51(42(35)56)38-11-12-39(53)46-40(38)54/h3-10,21-22,28,34,38H,11-20,23-27H2,1H3,(H,46,53,54)/t28-,38?/m0/s1. The first-order valence-electron chi connectivity index (χ1n) is 19.9. The summed E-state index contributed by atoms with van der Waals surface area (Å²) in [6.07, 6.45) is 3.98. The summed E-state index contributed by atoms with van der Waals surface area (Å²) >= 11 is 6.39. The van der Waals surface area contributed by atoms with E-state index in [1.54, 1.807) is 4.90 Å². The average Bonchev–Trinajstić information content (AvgIpc) is 3.69. The van der Waals surface area contributed by atoms with E-state index in [0.29, 0.717) is 54.4 Å². The Balaban J connectivity index is 0.733. The predicted molar refractivity (Wildman–Crippen MR) is 215 cm³/mol. The number of piperidine rings is 2. The van der Waals surface area contributed by atoms with Crippen LogP contribution in [0, 0.1) is 12.0 Å². The fourth-order valence-corrected chi connectivity index (χ4v) is 10.2. The molecule has 0 bridgehead atoms. The van der Waals surface area contributed by atoms with Gasteiger partial charge in [-0.2, -0.15) is 0 Å². The molecule has 1 N–H and O–H groups in total. The number of carbonyl (C=O) groups excluding carboxylic acids is 4. The molecular formula is C43H47ClN8O4. The Hall–Kier alpha value is -5.12. The van der Waals surface area contributed by atoms with Crippen LogP contribution in [0.3, 0.4) is 0 Å². The summed E-state index contributed by atoms with van der Waals surface area (Å²) in [5, 5.41) is 2.88. The summed E-state index contributed by atoms with van der Waals surface area (Å²) in [6, 6.07) is 20.1. The number of imide groups is 1. The summed E-state index contributed by atoms with van der Waals surface area (Å²) in [5.41, 5.74) is 6.39. The molecule has 290 valence electrons. The summed E-state index contributed by atoms with van der Waals surface area (Å²) in [6.45, 7) is 17.8. The van der Waals surface area contributed by atoms with Crippen LogP contribution >= 0.6 is 11.6 Å². The molecular weight excluding hydrogens is 728 g/mol. The van der Waals surface area contributed by atoms with Crippen LogP contribution in [-0.2, 0) is 16.1 Å². The van der Waals surface area contributed by atoms with Crippen molar-refractivity contribution in [3.8, 4) is 0 Å². The van der Waals surface area contributed by atoms with Gasteiger partial charge in [0.05, 0.1) is 6.57 Å². The Labute approximate surface area is 332 Å². The van der Waals surface area contributed by atoms with Gasteiger partial charge in [-0.05, 0) is 98.2 Å². The number of fused-ring (bicyclic) bond motifs is 1. The molecule has 56 heavy (non-hydrogen) atoms. The zero-order chi connectivity index (χ0) is 38.7. The minimum Gasteiger partial charge on any atom is -0.371 e. The largest absolute Gasteiger partial charge is 0.371 e. The molecule has 6 heterocycles. The Morgan fingerprint density at radius 1 is 0.857 bits per heavy atom. The predicted octanol–water partition coefficient (Wildman–Crippen LogP) is 5.18. The molecule has 5 fully saturated rings. The first kappa shape index (κ1) is 36.5. The Bertz CT molecular complexity index is 2110. The van der Waals surface area contributed by atoms with Crippen LogP contribution in [0.15, 0.2) is 60.7 Å². The van der Waals surface area contributed by atoms with Gasteiger partial charge in [0.15, 0.2) is 0 Å². The normalized spacial score (nSPS) is 24.0. The topological polar surface area (TPSA) is 104 Å². The lowest BCUT2D eigenvalue weighted by Crippen LogP contribution is -2.63. The van der Waals surface area contributed by atoms with Gasteiger partial charge in [0.2, 0.25) is 17.5 Å². The minimum atomic E-state index is -0.610. The molecule has 4 amide bonds. The number of benzene rings is 3. The summed E-state index contributed by atoms with van der Waals surface area (Å²) in [4.78, 5) is 67.5. The van der Waals surface area contributed by atoms with Crippen LogP contribution in [0.1, 0.15) is 65.3 Å². The number of amides is 4. The summed E-state index contributed by atoms with van der Waals surface area (Å²) in [5.74, 6) is -0.737. The van der Waals surface area contributed by atoms with Crippen LogP contribution in [0.5, 0.6) is 0 Å². The van der Waals surface area contributed by atoms with Gasteiger partial charge < -0.3 is 24.5 Å². The molecule has 13 heteroatoms. The SMILES string of the molecule is [C-]#[N+]c1ccc(N2CC3(CCN(c4ccc(C(=O)N5CCN(C6CN(c7ccc8c(c7)CN(C7CCC(=O)NC7=O)C8=O)C6)CC5)cc4)CC3)C[C@@H]2C)cc1Cl. The van der Waals surface area contributed by atoms with Crippen LogP contribution in [0.2, 0.25) is 5.02 Å². The van der Waals surface area contributed by atoms with Gasteiger partial charge in [0, 0.05) is 117 Å². The average molecular weight is 775 g/mol. The number of nitrogens with one attached hydrogen (secondary N) is 1. The smallest absolute Gasteiger partial charge is 0.255 e. The Morgan fingerprint density at radius 3 is 2.27 bits per heavy atom. The molecule has 3 aromatic carbocycles. The highest BCUT2D eigenvalue weighted by molar-refractivity contribution is 6.33. The number of nitrogens with zero attached hydrogens (tertiary/aromatic N) is 7. The van der Waals surface area contributed by atoms with Gasteiger partial charge >= 0.3 is 0 Å². The fourth-order valence-electron chi connectivity index (χ4n) is 9.97. The molecule has 5 saturated heterocycles. The third-order valence-electron chi connectivity index (χ3n) is 13.3. The van der Waals surface area contributed by atoms with Crippen molar-refractivity contribution in [3.63, 3.8) is 0 Å². The van der Waals surface area contributed by atoms with Gasteiger partial charge in [-0.1, -0.05) is 17.7 Å². The molecule has 0 radical (unpaired) electrons. The molecule has 12 nitrogen and oxygen atoms in total. The molecule has 9 rings (SSSR count). The highest BCUT2D eigenvalue weighted by Crippen LogP contribution is 2.46. The van der Waals surface area contributed by atoms with Crippen molar-refractivity contribution in [2.75, 3.05) is 73.6 Å². The lowest BCUT2D eigenvalue weighted by Gasteiger charge is -2.49. The van der Waals surface area contributed by atoms with Crippen molar-refractivity contribution >= 4 is 58.0 Å². The van der Waals surface area contributed by atoms with E-state index < -0.39 is 11.9 Å². The third-order valence-corrected chi connectivity index (χ3v) is 13.6. The zero-order valence-electron chi connectivity index (χ0n) is 31.8. The van der Waals surface area contributed by atoms with E-state index in [1.165, 1.54) is 5.69 Å². The second-order valence-corrected chi connectivity index (χ2v) is 17.0.